The first-order valence-corrected chi connectivity index (χ1v) is 6.55. The van der Waals surface area contributed by atoms with E-state index in [0.717, 1.165) is 35.0 Å². The quantitative estimate of drug-likeness (QED) is 0.753. The lowest BCUT2D eigenvalue weighted by Crippen LogP contribution is -1.99. The number of nitrogens with zero attached hydrogens (tertiary/aromatic N) is 2. The standard InChI is InChI=1S/C15H17N3O/c1-2-7-18-10-13(9-17-18)15(19)12-3-4-14-11(8-12)5-6-16-14/h3-6,8-10,15-16,19H,2,7H2,1H3. The second kappa shape index (κ2) is 4.90. The predicted molar refractivity (Wildman–Crippen MR) is 74.9 cm³/mol. The largest absolute Gasteiger partial charge is 0.384 e. The van der Waals surface area contributed by atoms with Crippen LogP contribution < -0.4 is 0 Å². The number of aryl methyl sites for hydroxylation is 1. The molecule has 0 saturated heterocycles. The van der Waals surface area contributed by atoms with Gasteiger partial charge in [-0.3, -0.25) is 4.68 Å². The van der Waals surface area contributed by atoms with E-state index in [2.05, 4.69) is 17.0 Å². The summed E-state index contributed by atoms with van der Waals surface area (Å²) in [5.74, 6) is 0. The molecule has 98 valence electrons. The van der Waals surface area contributed by atoms with Crippen molar-refractivity contribution in [2.45, 2.75) is 26.0 Å². The van der Waals surface area contributed by atoms with Crippen LogP contribution in [0.15, 0.2) is 42.9 Å². The summed E-state index contributed by atoms with van der Waals surface area (Å²) in [4.78, 5) is 3.15. The number of benzene rings is 1. The maximum Gasteiger partial charge on any atom is 0.107 e. The van der Waals surface area contributed by atoms with E-state index in [1.165, 1.54) is 0 Å². The van der Waals surface area contributed by atoms with Crippen LogP contribution >= 0.6 is 0 Å². The highest BCUT2D eigenvalue weighted by atomic mass is 16.3. The lowest BCUT2D eigenvalue weighted by molar-refractivity contribution is 0.220. The third-order valence-electron chi connectivity index (χ3n) is 3.31. The lowest BCUT2D eigenvalue weighted by atomic mass is 10.0. The van der Waals surface area contributed by atoms with Crippen LogP contribution in [0.1, 0.15) is 30.6 Å². The average molecular weight is 255 g/mol. The van der Waals surface area contributed by atoms with Gasteiger partial charge in [-0.1, -0.05) is 13.0 Å². The zero-order valence-electron chi connectivity index (χ0n) is 10.9. The van der Waals surface area contributed by atoms with E-state index in [9.17, 15) is 5.11 Å². The second-order valence-electron chi connectivity index (χ2n) is 4.76. The molecule has 0 aliphatic carbocycles. The predicted octanol–water partition coefficient (Wildman–Crippen LogP) is 2.86. The highest BCUT2D eigenvalue weighted by Crippen LogP contribution is 2.24. The van der Waals surface area contributed by atoms with Crippen molar-refractivity contribution in [1.82, 2.24) is 14.8 Å². The van der Waals surface area contributed by atoms with Crippen LogP contribution in [0.2, 0.25) is 0 Å². The second-order valence-corrected chi connectivity index (χ2v) is 4.76. The van der Waals surface area contributed by atoms with E-state index in [1.54, 1.807) is 6.20 Å². The van der Waals surface area contributed by atoms with Gasteiger partial charge in [0.1, 0.15) is 6.10 Å². The number of aromatic amines is 1. The zero-order chi connectivity index (χ0) is 13.2. The molecule has 3 rings (SSSR count). The van der Waals surface area contributed by atoms with Crippen molar-refractivity contribution in [2.75, 3.05) is 0 Å². The van der Waals surface area contributed by atoms with Gasteiger partial charge in [0, 0.05) is 30.0 Å². The Balaban J connectivity index is 1.90. The molecule has 0 aliphatic heterocycles. The van der Waals surface area contributed by atoms with E-state index in [0.29, 0.717) is 0 Å². The molecule has 2 heterocycles. The van der Waals surface area contributed by atoms with Gasteiger partial charge >= 0.3 is 0 Å². The van der Waals surface area contributed by atoms with Crippen LogP contribution in [0, 0.1) is 0 Å². The Morgan fingerprint density at radius 3 is 3.05 bits per heavy atom. The van der Waals surface area contributed by atoms with E-state index >= 15 is 0 Å². The molecular formula is C15H17N3O. The summed E-state index contributed by atoms with van der Waals surface area (Å²) in [7, 11) is 0. The Labute approximate surface area is 111 Å². The van der Waals surface area contributed by atoms with E-state index in [-0.39, 0.29) is 0 Å². The Morgan fingerprint density at radius 1 is 1.32 bits per heavy atom. The first kappa shape index (κ1) is 12.0. The number of rotatable bonds is 4. The van der Waals surface area contributed by atoms with Crippen molar-refractivity contribution in [3.05, 3.63) is 54.0 Å². The molecule has 2 N–H and O–H groups in total. The van der Waals surface area contributed by atoms with Crippen molar-refractivity contribution in [3.63, 3.8) is 0 Å². The molecular weight excluding hydrogens is 238 g/mol. The SMILES string of the molecule is CCCn1cc(C(O)c2ccc3[nH]ccc3c2)cn1. The molecule has 1 aromatic carbocycles. The summed E-state index contributed by atoms with van der Waals surface area (Å²) in [5.41, 5.74) is 2.81. The minimum Gasteiger partial charge on any atom is -0.384 e. The molecule has 3 aromatic rings. The van der Waals surface area contributed by atoms with E-state index in [4.69, 9.17) is 0 Å². The Morgan fingerprint density at radius 2 is 2.21 bits per heavy atom. The van der Waals surface area contributed by atoms with Gasteiger partial charge in [0.05, 0.1) is 6.20 Å². The molecule has 0 amide bonds. The van der Waals surface area contributed by atoms with Crippen molar-refractivity contribution in [2.24, 2.45) is 0 Å². The van der Waals surface area contributed by atoms with Gasteiger partial charge in [-0.25, -0.2) is 0 Å². The van der Waals surface area contributed by atoms with Crippen LogP contribution in [0.5, 0.6) is 0 Å². The smallest absolute Gasteiger partial charge is 0.107 e. The Kier molecular flexibility index (Phi) is 3.09. The molecule has 19 heavy (non-hydrogen) atoms. The monoisotopic (exact) mass is 255 g/mol. The topological polar surface area (TPSA) is 53.8 Å². The van der Waals surface area contributed by atoms with Crippen LogP contribution in [-0.4, -0.2) is 19.9 Å². The number of nitrogens with one attached hydrogen (secondary N) is 1. The number of H-pyrrole nitrogens is 1. The van der Waals surface area contributed by atoms with Gasteiger partial charge in [-0.05, 0) is 35.6 Å². The van der Waals surface area contributed by atoms with Gasteiger partial charge < -0.3 is 10.1 Å². The number of fused-ring (bicyclic) bond motifs is 1. The third-order valence-corrected chi connectivity index (χ3v) is 3.31. The summed E-state index contributed by atoms with van der Waals surface area (Å²) >= 11 is 0. The highest BCUT2D eigenvalue weighted by molar-refractivity contribution is 5.80. The van der Waals surface area contributed by atoms with Gasteiger partial charge in [0.25, 0.3) is 0 Å². The third kappa shape index (κ3) is 2.27. The molecule has 0 bridgehead atoms. The number of aliphatic hydroxyl groups excluding tert-OH is 1. The van der Waals surface area contributed by atoms with Gasteiger partial charge in [0.15, 0.2) is 0 Å². The molecule has 1 unspecified atom stereocenters. The van der Waals surface area contributed by atoms with Gasteiger partial charge in [0.2, 0.25) is 0 Å². The molecule has 4 nitrogen and oxygen atoms in total. The number of aliphatic hydroxyl groups is 1. The summed E-state index contributed by atoms with van der Waals surface area (Å²) in [6.45, 7) is 2.99. The highest BCUT2D eigenvalue weighted by Gasteiger charge is 2.13. The van der Waals surface area contributed by atoms with Crippen LogP contribution in [0.4, 0.5) is 0 Å². The van der Waals surface area contributed by atoms with Crippen molar-refractivity contribution in [1.29, 1.82) is 0 Å². The molecule has 0 saturated carbocycles. The number of hydrogen-bond acceptors (Lipinski definition) is 2. The van der Waals surface area contributed by atoms with Crippen LogP contribution in [-0.2, 0) is 6.54 Å². The fourth-order valence-electron chi connectivity index (χ4n) is 2.31. The van der Waals surface area contributed by atoms with Crippen molar-refractivity contribution < 1.29 is 5.11 Å². The molecule has 0 fully saturated rings. The molecule has 2 aromatic heterocycles. The fourth-order valence-corrected chi connectivity index (χ4v) is 2.31. The van der Waals surface area contributed by atoms with Gasteiger partial charge in [-0.15, -0.1) is 0 Å². The van der Waals surface area contributed by atoms with Crippen LogP contribution in [0.25, 0.3) is 10.9 Å². The Hall–Kier alpha value is -2.07. The van der Waals surface area contributed by atoms with Crippen LogP contribution in [0.3, 0.4) is 0 Å². The molecule has 0 aliphatic rings. The van der Waals surface area contributed by atoms with E-state index < -0.39 is 6.10 Å². The fraction of sp³-hybridized carbons (Fsp3) is 0.267. The van der Waals surface area contributed by atoms with Crippen molar-refractivity contribution in [3.8, 4) is 0 Å². The zero-order valence-corrected chi connectivity index (χ0v) is 10.9. The first-order valence-electron chi connectivity index (χ1n) is 6.55. The maximum absolute atomic E-state index is 10.4. The molecule has 0 spiro atoms. The number of aromatic nitrogens is 3. The minimum atomic E-state index is -0.620. The lowest BCUT2D eigenvalue weighted by Gasteiger charge is -2.08. The number of hydrogen-bond donors (Lipinski definition) is 2. The molecule has 4 heteroatoms. The minimum absolute atomic E-state index is 0.620. The Bertz CT molecular complexity index is 683. The van der Waals surface area contributed by atoms with E-state index in [1.807, 2.05) is 41.3 Å². The summed E-state index contributed by atoms with van der Waals surface area (Å²) < 4.78 is 1.87. The average Bonchev–Trinajstić information content (AvgIpc) is 3.05. The normalized spacial score (nSPS) is 12.9. The first-order chi connectivity index (χ1) is 9.28. The maximum atomic E-state index is 10.4. The molecule has 0 radical (unpaired) electrons. The summed E-state index contributed by atoms with van der Waals surface area (Å²) in [5, 5.41) is 15.8. The molecule has 1 atom stereocenters. The summed E-state index contributed by atoms with van der Waals surface area (Å²) in [6, 6.07) is 7.95. The summed E-state index contributed by atoms with van der Waals surface area (Å²) in [6.07, 6.45) is 5.97. The van der Waals surface area contributed by atoms with Gasteiger partial charge in [-0.2, -0.15) is 5.10 Å². The van der Waals surface area contributed by atoms with Crippen molar-refractivity contribution >= 4 is 10.9 Å².